The molecule has 4 rings (SSSR count). The first-order valence-electron chi connectivity index (χ1n) is 11.3. The molecule has 188 valence electrons. The molecule has 35 heavy (non-hydrogen) atoms. The van der Waals surface area contributed by atoms with Gasteiger partial charge in [-0.3, -0.25) is 9.88 Å². The number of piperidine rings is 1. The number of ether oxygens (including phenoxy) is 1. The number of alkyl halides is 2. The number of nitrogens with zero attached hydrogens (tertiary/aromatic N) is 5. The van der Waals surface area contributed by atoms with Crippen molar-refractivity contribution in [3.63, 3.8) is 0 Å². The Morgan fingerprint density at radius 1 is 1.26 bits per heavy atom. The lowest BCUT2D eigenvalue weighted by Gasteiger charge is -2.37. The highest BCUT2D eigenvalue weighted by Gasteiger charge is 2.30. The van der Waals surface area contributed by atoms with E-state index in [9.17, 15) is 8.78 Å². The van der Waals surface area contributed by atoms with Crippen LogP contribution in [0.2, 0.25) is 5.02 Å². The highest BCUT2D eigenvalue weighted by Crippen LogP contribution is 2.34. The number of halogens is 3. The lowest BCUT2D eigenvalue weighted by molar-refractivity contribution is -0.0245. The largest absolute Gasteiger partial charge is 0.418 e. The molecular formula is C23H27ClF2N6O3. The van der Waals surface area contributed by atoms with E-state index in [1.165, 1.54) is 25.3 Å². The Morgan fingerprint density at radius 3 is 2.60 bits per heavy atom. The van der Waals surface area contributed by atoms with E-state index in [1.54, 1.807) is 19.4 Å². The van der Waals surface area contributed by atoms with E-state index in [2.05, 4.69) is 30.4 Å². The summed E-state index contributed by atoms with van der Waals surface area (Å²) in [5.74, 6) is -1.90. The van der Waals surface area contributed by atoms with Crippen molar-refractivity contribution in [1.82, 2.24) is 25.1 Å². The first kappa shape index (κ1) is 25.4. The molecular weight excluding hydrogens is 482 g/mol. The zero-order valence-electron chi connectivity index (χ0n) is 19.4. The predicted molar refractivity (Wildman–Crippen MR) is 125 cm³/mol. The maximum Gasteiger partial charge on any atom is 0.274 e. The summed E-state index contributed by atoms with van der Waals surface area (Å²) in [6.07, 6.45) is 3.71. The number of likely N-dealkylation sites (tertiary alicyclic amines) is 1. The van der Waals surface area contributed by atoms with E-state index in [4.69, 9.17) is 25.9 Å². The quantitative estimate of drug-likeness (QED) is 0.406. The minimum atomic E-state index is -2.89. The number of anilines is 1. The second-order valence-electron chi connectivity index (χ2n) is 8.28. The fraction of sp³-hybridized carbons (Fsp3) is 0.478. The molecule has 0 spiro atoms. The fourth-order valence-electron chi connectivity index (χ4n) is 4.03. The van der Waals surface area contributed by atoms with Gasteiger partial charge in [0.1, 0.15) is 12.4 Å². The molecule has 2 N–H and O–H groups in total. The van der Waals surface area contributed by atoms with Gasteiger partial charge in [0.15, 0.2) is 6.35 Å². The molecule has 1 atom stereocenters. The summed E-state index contributed by atoms with van der Waals surface area (Å²) < 4.78 is 38.6. The van der Waals surface area contributed by atoms with Crippen LogP contribution >= 0.6 is 11.6 Å². The van der Waals surface area contributed by atoms with Gasteiger partial charge in [-0.05, 0) is 31.0 Å². The molecule has 0 bridgehead atoms. The van der Waals surface area contributed by atoms with E-state index in [1.807, 2.05) is 0 Å². The summed E-state index contributed by atoms with van der Waals surface area (Å²) in [6.45, 7) is 2.53. The number of aliphatic hydroxyl groups excluding tert-OH is 1. The first-order chi connectivity index (χ1) is 16.8. The van der Waals surface area contributed by atoms with Gasteiger partial charge in [0, 0.05) is 50.5 Å². The SMILES string of the molecule is CCC(F)(F)c1ccc(NC(OC)N2CCC(c3ncc(-c4nnc(CO)o4)cc3Cl)CC2)nc1. The van der Waals surface area contributed by atoms with Gasteiger partial charge in [-0.2, -0.15) is 0 Å². The molecule has 0 amide bonds. The maximum atomic E-state index is 13.8. The number of aromatic nitrogens is 4. The Kier molecular flexibility index (Phi) is 7.90. The van der Waals surface area contributed by atoms with Gasteiger partial charge in [0.05, 0.1) is 16.3 Å². The molecule has 4 heterocycles. The summed E-state index contributed by atoms with van der Waals surface area (Å²) in [6, 6.07) is 4.66. The molecule has 3 aromatic heterocycles. The predicted octanol–water partition coefficient (Wildman–Crippen LogP) is 4.40. The van der Waals surface area contributed by atoms with Gasteiger partial charge in [0.2, 0.25) is 11.8 Å². The zero-order chi connectivity index (χ0) is 25.0. The van der Waals surface area contributed by atoms with E-state index in [0.717, 1.165) is 18.5 Å². The highest BCUT2D eigenvalue weighted by atomic mass is 35.5. The van der Waals surface area contributed by atoms with Gasteiger partial charge < -0.3 is 19.6 Å². The second-order valence-corrected chi connectivity index (χ2v) is 8.69. The topological polar surface area (TPSA) is 109 Å². The molecule has 1 aliphatic rings. The Balaban J connectivity index is 1.36. The lowest BCUT2D eigenvalue weighted by Crippen LogP contribution is -2.46. The third-order valence-electron chi connectivity index (χ3n) is 6.09. The standard InChI is InChI=1S/C23H27ClF2N6O3/c1-3-23(25,26)16-4-5-18(27-12-16)29-22(34-2)32-8-6-14(7-9-32)20-17(24)10-15(11-28-20)21-31-30-19(13-33)35-21/h4-5,10-12,14,22,33H,3,6-9,13H2,1-2H3,(H,27,29). The summed E-state index contributed by atoms with van der Waals surface area (Å²) in [5, 5.41) is 20.4. The normalized spacial score (nSPS) is 16.4. The average molecular weight is 509 g/mol. The Hall–Kier alpha value is -2.73. The average Bonchev–Trinajstić information content (AvgIpc) is 3.37. The van der Waals surface area contributed by atoms with Gasteiger partial charge in [-0.15, -0.1) is 10.2 Å². The van der Waals surface area contributed by atoms with Gasteiger partial charge in [-0.25, -0.2) is 13.8 Å². The highest BCUT2D eigenvalue weighted by molar-refractivity contribution is 6.31. The number of hydrogen-bond donors (Lipinski definition) is 2. The molecule has 1 saturated heterocycles. The van der Waals surface area contributed by atoms with Crippen molar-refractivity contribution in [2.75, 3.05) is 25.5 Å². The molecule has 9 nitrogen and oxygen atoms in total. The number of hydrogen-bond acceptors (Lipinski definition) is 9. The van der Waals surface area contributed by atoms with Crippen LogP contribution in [0.15, 0.2) is 35.0 Å². The number of pyridine rings is 2. The second kappa shape index (κ2) is 10.9. The van der Waals surface area contributed by atoms with Crippen LogP contribution in [0.5, 0.6) is 0 Å². The van der Waals surface area contributed by atoms with Gasteiger partial charge >= 0.3 is 0 Å². The lowest BCUT2D eigenvalue weighted by atomic mass is 9.93. The number of aliphatic hydroxyl groups is 1. The van der Waals surface area contributed by atoms with Crippen molar-refractivity contribution < 1.29 is 23.0 Å². The van der Waals surface area contributed by atoms with Crippen LogP contribution in [0.25, 0.3) is 11.5 Å². The van der Waals surface area contributed by atoms with Crippen molar-refractivity contribution in [3.8, 4) is 11.5 Å². The van der Waals surface area contributed by atoms with Crippen LogP contribution in [0.3, 0.4) is 0 Å². The third kappa shape index (κ3) is 5.75. The van der Waals surface area contributed by atoms with Crippen LogP contribution in [-0.4, -0.2) is 56.7 Å². The molecule has 1 unspecified atom stereocenters. The Bertz CT molecular complexity index is 1120. The molecule has 0 aromatic carbocycles. The minimum absolute atomic E-state index is 0.108. The molecule has 0 aliphatic carbocycles. The van der Waals surface area contributed by atoms with Crippen molar-refractivity contribution in [1.29, 1.82) is 0 Å². The van der Waals surface area contributed by atoms with Gasteiger partial charge in [0.25, 0.3) is 5.92 Å². The smallest absolute Gasteiger partial charge is 0.274 e. The van der Waals surface area contributed by atoms with Crippen molar-refractivity contribution in [3.05, 3.63) is 52.8 Å². The number of nitrogens with one attached hydrogen (secondary N) is 1. The maximum absolute atomic E-state index is 13.8. The van der Waals surface area contributed by atoms with Crippen LogP contribution in [0, 0.1) is 0 Å². The number of methoxy groups -OCH3 is 1. The summed E-state index contributed by atoms with van der Waals surface area (Å²) in [7, 11) is 1.58. The summed E-state index contributed by atoms with van der Waals surface area (Å²) in [5.41, 5.74) is 1.28. The van der Waals surface area contributed by atoms with Crippen molar-refractivity contribution >= 4 is 17.4 Å². The Labute approximate surface area is 206 Å². The van der Waals surface area contributed by atoms with Crippen LogP contribution < -0.4 is 5.32 Å². The first-order valence-corrected chi connectivity index (χ1v) is 11.7. The molecule has 0 radical (unpaired) electrons. The number of rotatable bonds is 9. The molecule has 1 aliphatic heterocycles. The van der Waals surface area contributed by atoms with Crippen LogP contribution in [0.1, 0.15) is 49.3 Å². The van der Waals surface area contributed by atoms with E-state index in [0.29, 0.717) is 29.5 Å². The van der Waals surface area contributed by atoms with Gasteiger partial charge in [-0.1, -0.05) is 18.5 Å². The van der Waals surface area contributed by atoms with Crippen LogP contribution in [0.4, 0.5) is 14.6 Å². The van der Waals surface area contributed by atoms with Crippen LogP contribution in [-0.2, 0) is 17.3 Å². The fourth-order valence-corrected chi connectivity index (χ4v) is 4.35. The zero-order valence-corrected chi connectivity index (χ0v) is 20.2. The Morgan fingerprint density at radius 2 is 2.03 bits per heavy atom. The van der Waals surface area contributed by atoms with Crippen molar-refractivity contribution in [2.45, 2.75) is 51.0 Å². The molecule has 1 fully saturated rings. The minimum Gasteiger partial charge on any atom is -0.418 e. The van der Waals surface area contributed by atoms with E-state index < -0.39 is 12.3 Å². The van der Waals surface area contributed by atoms with E-state index >= 15 is 0 Å². The van der Waals surface area contributed by atoms with Crippen molar-refractivity contribution in [2.24, 2.45) is 0 Å². The van der Waals surface area contributed by atoms with E-state index in [-0.39, 0.29) is 36.3 Å². The molecule has 0 saturated carbocycles. The summed E-state index contributed by atoms with van der Waals surface area (Å²) >= 11 is 6.53. The summed E-state index contributed by atoms with van der Waals surface area (Å²) in [4.78, 5) is 10.8. The monoisotopic (exact) mass is 508 g/mol. The molecule has 3 aromatic rings. The molecule has 12 heteroatoms. The third-order valence-corrected chi connectivity index (χ3v) is 6.39.